The molecule has 0 bridgehead atoms. The Labute approximate surface area is 293 Å². The van der Waals surface area contributed by atoms with Crippen LogP contribution in [0.3, 0.4) is 0 Å². The number of aromatic nitrogens is 2. The third kappa shape index (κ3) is 10.6. The van der Waals surface area contributed by atoms with Gasteiger partial charge in [-0.05, 0) is 41.8 Å². The number of hydrogen-bond donors (Lipinski definition) is 12. The van der Waals surface area contributed by atoms with E-state index in [-0.39, 0.29) is 41.8 Å². The molecule has 0 aliphatic carbocycles. The van der Waals surface area contributed by atoms with Gasteiger partial charge in [0, 0.05) is 24.9 Å². The molecule has 0 spiro atoms. The van der Waals surface area contributed by atoms with Crippen molar-refractivity contribution in [3.05, 3.63) is 69.5 Å². The van der Waals surface area contributed by atoms with Gasteiger partial charge in [-0.15, -0.1) is 0 Å². The number of aromatic amines is 1. The average Bonchev–Trinajstić information content (AvgIpc) is 3.33. The van der Waals surface area contributed by atoms with Crippen molar-refractivity contribution in [2.75, 3.05) is 25.4 Å². The molecule has 2 aromatic carbocycles. The van der Waals surface area contributed by atoms with E-state index in [2.05, 4.69) is 30.4 Å². The summed E-state index contributed by atoms with van der Waals surface area (Å²) in [5.74, 6) is -4.37. The first-order chi connectivity index (χ1) is 24.3. The first-order valence-electron chi connectivity index (χ1n) is 15.4. The molecule has 13 N–H and O–H groups in total. The van der Waals surface area contributed by atoms with Crippen molar-refractivity contribution in [3.8, 4) is 0 Å². The summed E-state index contributed by atoms with van der Waals surface area (Å²) in [5, 5.41) is 58.2. The Morgan fingerprint density at radius 1 is 1.08 bits per heavy atom. The lowest BCUT2D eigenvalue weighted by atomic mass is 9.86. The monoisotopic (exact) mass is 752 g/mol. The molecule has 282 valence electrons. The van der Waals surface area contributed by atoms with Crippen LogP contribution in [0.1, 0.15) is 34.3 Å². The van der Waals surface area contributed by atoms with E-state index in [1.54, 1.807) is 6.07 Å². The van der Waals surface area contributed by atoms with E-state index in [4.69, 9.17) is 25.4 Å². The zero-order valence-corrected chi connectivity index (χ0v) is 27.9. The van der Waals surface area contributed by atoms with Gasteiger partial charge in [0.2, 0.25) is 11.9 Å². The molecular weight excluding hydrogens is 715 g/mol. The van der Waals surface area contributed by atoms with Crippen LogP contribution >= 0.6 is 7.82 Å². The smallest absolute Gasteiger partial charge is 0.469 e. The fraction of sp³-hybridized carbons (Fsp3) is 0.400. The summed E-state index contributed by atoms with van der Waals surface area (Å²) in [6.45, 7) is -1.59. The second kappa shape index (κ2) is 16.7. The first kappa shape index (κ1) is 39.9. The second-order valence-corrected chi connectivity index (χ2v) is 13.2. The SMILES string of the molecule is Nc1nc2ccc(C[C@@](O)(CNCC(=O)N[C@@H]3O[C@@H](COP(=O)(O)O)[C@H](O)[C@H]3O)c3ccc(C(=O)N[C@H](CCC(=O)O)C(=O)O)cc3)cc2c(=O)[nH]1. The predicted octanol–water partition coefficient (Wildman–Crippen LogP) is -2.75. The van der Waals surface area contributed by atoms with Crippen LogP contribution in [0.25, 0.3) is 10.9 Å². The van der Waals surface area contributed by atoms with Crippen molar-refractivity contribution in [2.24, 2.45) is 0 Å². The van der Waals surface area contributed by atoms with Gasteiger partial charge in [0.05, 0.1) is 24.1 Å². The van der Waals surface area contributed by atoms with Crippen molar-refractivity contribution < 1.29 is 68.3 Å². The van der Waals surface area contributed by atoms with E-state index < -0.39 is 92.9 Å². The maximum Gasteiger partial charge on any atom is 0.469 e. The van der Waals surface area contributed by atoms with Gasteiger partial charge >= 0.3 is 19.8 Å². The highest BCUT2D eigenvalue weighted by atomic mass is 31.2. The number of carboxylic acids is 2. The Balaban J connectivity index is 1.50. The number of ether oxygens (including phenoxy) is 1. The Morgan fingerprint density at radius 3 is 2.40 bits per heavy atom. The lowest BCUT2D eigenvalue weighted by Crippen LogP contribution is -2.48. The normalized spacial score (nSPS) is 20.6. The number of aliphatic hydroxyl groups excluding tert-OH is 2. The molecular formula is C30H37N6O15P. The predicted molar refractivity (Wildman–Crippen MR) is 176 cm³/mol. The lowest BCUT2D eigenvalue weighted by molar-refractivity contribution is -0.140. The van der Waals surface area contributed by atoms with Gasteiger partial charge in [0.1, 0.15) is 30.0 Å². The van der Waals surface area contributed by atoms with Crippen molar-refractivity contribution in [3.63, 3.8) is 0 Å². The summed E-state index contributed by atoms with van der Waals surface area (Å²) in [4.78, 5) is 84.7. The molecule has 1 aliphatic heterocycles. The van der Waals surface area contributed by atoms with Crippen LogP contribution in [0, 0.1) is 0 Å². The molecule has 1 saturated heterocycles. The standard InChI is InChI=1S/C30H37N6O15P/c31-29-34-18-6-1-14(9-17(18)26(43)36-29)10-30(46,16-4-2-15(3-5-16)25(42)33-19(28(44)45)7-8-22(38)39)13-32-11-21(37)35-27-24(41)23(40)20(51-27)12-50-52(47,48)49/h1-6,9,19-20,23-24,27,32,40-41,46H,7-8,10-13H2,(H,33,42)(H,35,37)(H,38,39)(H,44,45)(H2,47,48,49)(H3,31,34,36,43)/t19-,20+,23+,24-,27-,30-/m1/s1. The number of carbonyl (C=O) groups excluding carboxylic acids is 2. The summed E-state index contributed by atoms with van der Waals surface area (Å²) >= 11 is 0. The van der Waals surface area contributed by atoms with Crippen LogP contribution in [0.2, 0.25) is 0 Å². The van der Waals surface area contributed by atoms with E-state index in [0.29, 0.717) is 11.1 Å². The number of benzene rings is 2. The molecule has 21 nitrogen and oxygen atoms in total. The van der Waals surface area contributed by atoms with Gasteiger partial charge in [-0.2, -0.15) is 0 Å². The quantitative estimate of drug-likeness (QED) is 0.0621. The number of amides is 2. The number of nitrogens with two attached hydrogens (primary N) is 1. The molecule has 2 amide bonds. The van der Waals surface area contributed by atoms with Gasteiger partial charge in [0.25, 0.3) is 11.5 Å². The molecule has 52 heavy (non-hydrogen) atoms. The van der Waals surface area contributed by atoms with Crippen molar-refractivity contribution >= 4 is 48.4 Å². The summed E-state index contributed by atoms with van der Waals surface area (Å²) in [6, 6.07) is 8.48. The highest BCUT2D eigenvalue weighted by Crippen LogP contribution is 2.37. The second-order valence-electron chi connectivity index (χ2n) is 11.9. The van der Waals surface area contributed by atoms with Crippen LogP contribution in [0.4, 0.5) is 5.95 Å². The summed E-state index contributed by atoms with van der Waals surface area (Å²) in [6.07, 6.45) is -7.20. The fourth-order valence-corrected chi connectivity index (χ4v) is 5.73. The van der Waals surface area contributed by atoms with Crippen LogP contribution in [0.15, 0.2) is 47.3 Å². The number of carboxylic acid groups (broad SMARTS) is 2. The number of aliphatic hydroxyl groups is 3. The summed E-state index contributed by atoms with van der Waals surface area (Å²) < 4.78 is 20.6. The lowest BCUT2D eigenvalue weighted by Gasteiger charge is -2.30. The number of nitrogens with one attached hydrogen (secondary N) is 4. The van der Waals surface area contributed by atoms with Crippen molar-refractivity contribution in [1.29, 1.82) is 0 Å². The number of aliphatic carboxylic acids is 2. The topological polar surface area (TPSA) is 353 Å². The van der Waals surface area contributed by atoms with Gasteiger partial charge < -0.3 is 61.7 Å². The molecule has 6 atom stereocenters. The number of anilines is 1. The molecule has 4 rings (SSSR count). The van der Waals surface area contributed by atoms with Crippen molar-refractivity contribution in [2.45, 2.75) is 55.4 Å². The average molecular weight is 753 g/mol. The van der Waals surface area contributed by atoms with E-state index in [9.17, 15) is 49.0 Å². The van der Waals surface area contributed by atoms with Crippen LogP contribution in [0.5, 0.6) is 0 Å². The van der Waals surface area contributed by atoms with E-state index in [0.717, 1.165) is 0 Å². The van der Waals surface area contributed by atoms with E-state index in [1.807, 2.05) is 0 Å². The van der Waals surface area contributed by atoms with Gasteiger partial charge in [-0.25, -0.2) is 14.3 Å². The molecule has 0 saturated carbocycles. The van der Waals surface area contributed by atoms with E-state index in [1.165, 1.54) is 36.4 Å². The molecule has 0 unspecified atom stereocenters. The number of hydrogen-bond acceptors (Lipinski definition) is 14. The third-order valence-electron chi connectivity index (χ3n) is 8.00. The fourth-order valence-electron chi connectivity index (χ4n) is 5.39. The number of phosphoric ester groups is 1. The Bertz CT molecular complexity index is 1900. The Morgan fingerprint density at radius 2 is 1.77 bits per heavy atom. The van der Waals surface area contributed by atoms with Gasteiger partial charge in [-0.3, -0.25) is 28.7 Å². The minimum Gasteiger partial charge on any atom is -0.481 e. The largest absolute Gasteiger partial charge is 0.481 e. The van der Waals surface area contributed by atoms with Crippen LogP contribution in [-0.2, 0) is 40.2 Å². The van der Waals surface area contributed by atoms with Gasteiger partial charge in [-0.1, -0.05) is 18.2 Å². The molecule has 22 heteroatoms. The zero-order chi connectivity index (χ0) is 38.4. The number of carbonyl (C=O) groups is 4. The number of fused-ring (bicyclic) bond motifs is 1. The number of H-pyrrole nitrogens is 1. The number of nitrogen functional groups attached to an aromatic ring is 1. The number of rotatable bonds is 17. The molecule has 2 heterocycles. The van der Waals surface area contributed by atoms with E-state index >= 15 is 0 Å². The minimum atomic E-state index is -4.91. The first-order valence-corrected chi connectivity index (χ1v) is 17.0. The third-order valence-corrected chi connectivity index (χ3v) is 8.48. The van der Waals surface area contributed by atoms with Crippen LogP contribution in [-0.4, -0.2) is 119 Å². The molecule has 3 aromatic rings. The maximum absolute atomic E-state index is 12.8. The molecule has 1 aromatic heterocycles. The summed E-state index contributed by atoms with van der Waals surface area (Å²) in [7, 11) is -4.91. The Kier molecular flexibility index (Phi) is 12.8. The Hall–Kier alpha value is -4.83. The van der Waals surface area contributed by atoms with Crippen molar-refractivity contribution in [1.82, 2.24) is 25.9 Å². The molecule has 1 fully saturated rings. The number of nitrogens with zero attached hydrogens (tertiary/aromatic N) is 1. The number of phosphoric acid groups is 1. The van der Waals surface area contributed by atoms with Gasteiger partial charge in [0.15, 0.2) is 6.23 Å². The minimum absolute atomic E-state index is 0.0114. The maximum atomic E-state index is 12.8. The zero-order valence-electron chi connectivity index (χ0n) is 27.0. The highest BCUT2D eigenvalue weighted by Gasteiger charge is 2.44. The molecule has 0 radical (unpaired) electrons. The molecule has 1 aliphatic rings. The van der Waals surface area contributed by atoms with Crippen LogP contribution < -0.4 is 27.2 Å². The highest BCUT2D eigenvalue weighted by molar-refractivity contribution is 7.46. The summed E-state index contributed by atoms with van der Waals surface area (Å²) in [5.41, 5.74) is 4.20.